The first kappa shape index (κ1) is 21.8. The summed E-state index contributed by atoms with van der Waals surface area (Å²) in [6.45, 7) is 4.40. The molecule has 5 nitrogen and oxygen atoms in total. The smallest absolute Gasteiger partial charge is 0.407 e. The molecule has 0 fully saturated rings. The number of amides is 1. The number of nitrogens with one attached hydrogen (secondary N) is 1. The van der Waals surface area contributed by atoms with Gasteiger partial charge in [-0.2, -0.15) is 0 Å². The molecule has 0 aliphatic carbocycles. The predicted octanol–water partition coefficient (Wildman–Crippen LogP) is 3.94. The Kier molecular flexibility index (Phi) is 16.2. The van der Waals surface area contributed by atoms with Crippen LogP contribution in [0.5, 0.6) is 0 Å². The Hall–Kier alpha value is -0.530. The normalized spacial score (nSPS) is 11.3. The quantitative estimate of drug-likeness (QED) is 0.406. The van der Waals surface area contributed by atoms with Crippen LogP contribution in [0.1, 0.15) is 65.2 Å². The zero-order valence-electron chi connectivity index (χ0n) is 12.5. The van der Waals surface area contributed by atoms with Gasteiger partial charge < -0.3 is 15.2 Å². The van der Waals surface area contributed by atoms with E-state index in [0.717, 1.165) is 12.8 Å². The van der Waals surface area contributed by atoms with Crippen molar-refractivity contribution in [2.24, 2.45) is 0 Å². The van der Waals surface area contributed by atoms with Crippen LogP contribution in [-0.2, 0) is 9.53 Å². The van der Waals surface area contributed by atoms with Crippen LogP contribution in [0.3, 0.4) is 0 Å². The van der Waals surface area contributed by atoms with Gasteiger partial charge in [-0.1, -0.05) is 52.4 Å². The summed E-state index contributed by atoms with van der Waals surface area (Å²) in [5.74, 6) is -1.10. The summed E-state index contributed by atoms with van der Waals surface area (Å²) in [6.07, 6.45) is 6.83. The van der Waals surface area contributed by atoms with Crippen molar-refractivity contribution in [3.8, 4) is 0 Å². The monoisotopic (exact) mass is 401 g/mol. The molecule has 1 amide bonds. The topological polar surface area (TPSA) is 75.6 Å². The van der Waals surface area contributed by atoms with Crippen LogP contribution in [0.15, 0.2) is 0 Å². The van der Waals surface area contributed by atoms with E-state index in [-0.39, 0.29) is 30.4 Å². The first-order chi connectivity index (χ1) is 9.11. The number of rotatable bonds is 11. The van der Waals surface area contributed by atoms with Crippen molar-refractivity contribution in [3.63, 3.8) is 0 Å². The summed E-state index contributed by atoms with van der Waals surface area (Å²) in [4.78, 5) is 22.0. The van der Waals surface area contributed by atoms with Crippen molar-refractivity contribution < 1.29 is 19.4 Å². The van der Waals surface area contributed by atoms with Crippen molar-refractivity contribution in [1.29, 1.82) is 0 Å². The fourth-order valence-electron chi connectivity index (χ4n) is 1.75. The van der Waals surface area contributed by atoms with Gasteiger partial charge in [-0.25, -0.2) is 9.59 Å². The SMILES string of the molecule is CCCCCCCCCNC(=O)OC(CC)C(=O)O.I. The van der Waals surface area contributed by atoms with E-state index in [1.165, 1.54) is 32.1 Å². The Morgan fingerprint density at radius 2 is 1.60 bits per heavy atom. The highest BCUT2D eigenvalue weighted by molar-refractivity contribution is 14.0. The number of carbonyl (C=O) groups is 2. The van der Waals surface area contributed by atoms with Gasteiger partial charge in [0.15, 0.2) is 6.10 Å². The first-order valence-corrected chi connectivity index (χ1v) is 7.29. The predicted molar refractivity (Wildman–Crippen MR) is 89.6 cm³/mol. The zero-order valence-corrected chi connectivity index (χ0v) is 14.9. The average molecular weight is 401 g/mol. The van der Waals surface area contributed by atoms with E-state index >= 15 is 0 Å². The number of carbonyl (C=O) groups excluding carboxylic acids is 1. The van der Waals surface area contributed by atoms with Gasteiger partial charge >= 0.3 is 12.1 Å². The molecular weight excluding hydrogens is 373 g/mol. The van der Waals surface area contributed by atoms with Crippen molar-refractivity contribution in [2.75, 3.05) is 6.54 Å². The van der Waals surface area contributed by atoms with Gasteiger partial charge in [-0.15, -0.1) is 24.0 Å². The molecule has 0 aliphatic rings. The van der Waals surface area contributed by atoms with Crippen LogP contribution < -0.4 is 5.32 Å². The summed E-state index contributed by atoms with van der Waals surface area (Å²) in [7, 11) is 0. The Morgan fingerprint density at radius 3 is 2.10 bits per heavy atom. The largest absolute Gasteiger partial charge is 0.479 e. The minimum atomic E-state index is -1.10. The molecule has 0 aromatic carbocycles. The summed E-state index contributed by atoms with van der Waals surface area (Å²) < 4.78 is 4.77. The van der Waals surface area contributed by atoms with E-state index in [9.17, 15) is 9.59 Å². The molecule has 20 heavy (non-hydrogen) atoms. The van der Waals surface area contributed by atoms with Crippen LogP contribution in [0.2, 0.25) is 0 Å². The molecule has 0 saturated carbocycles. The molecule has 1 atom stereocenters. The van der Waals surface area contributed by atoms with Gasteiger partial charge in [0.05, 0.1) is 0 Å². The van der Waals surface area contributed by atoms with Gasteiger partial charge in [0.25, 0.3) is 0 Å². The van der Waals surface area contributed by atoms with Crippen LogP contribution in [0, 0.1) is 0 Å². The number of unbranched alkanes of at least 4 members (excludes halogenated alkanes) is 6. The molecule has 0 aromatic rings. The second kappa shape index (κ2) is 14.9. The van der Waals surface area contributed by atoms with E-state index in [1.54, 1.807) is 6.92 Å². The fourth-order valence-corrected chi connectivity index (χ4v) is 1.75. The lowest BCUT2D eigenvalue weighted by atomic mass is 10.1. The molecule has 1 unspecified atom stereocenters. The average Bonchev–Trinajstić information content (AvgIpc) is 2.38. The van der Waals surface area contributed by atoms with Crippen LogP contribution in [0.25, 0.3) is 0 Å². The summed E-state index contributed by atoms with van der Waals surface area (Å²) in [6, 6.07) is 0. The molecule has 0 heterocycles. The molecule has 0 radical (unpaired) electrons. The van der Waals surface area contributed by atoms with Gasteiger partial charge in [-0.05, 0) is 12.8 Å². The lowest BCUT2D eigenvalue weighted by Crippen LogP contribution is -2.33. The highest BCUT2D eigenvalue weighted by atomic mass is 127. The van der Waals surface area contributed by atoms with Crippen LogP contribution in [-0.4, -0.2) is 29.8 Å². The zero-order chi connectivity index (χ0) is 14.5. The second-order valence-corrected chi connectivity index (χ2v) is 4.69. The van der Waals surface area contributed by atoms with E-state index in [1.807, 2.05) is 0 Å². The number of carboxylic acid groups (broad SMARTS) is 1. The first-order valence-electron chi connectivity index (χ1n) is 7.29. The highest BCUT2D eigenvalue weighted by Crippen LogP contribution is 2.06. The Balaban J connectivity index is 0. The third kappa shape index (κ3) is 12.5. The van der Waals surface area contributed by atoms with Crippen LogP contribution in [0.4, 0.5) is 4.79 Å². The molecular formula is C14H28INO4. The minimum Gasteiger partial charge on any atom is -0.479 e. The highest BCUT2D eigenvalue weighted by Gasteiger charge is 2.19. The fraction of sp³-hybridized carbons (Fsp3) is 0.857. The Labute approximate surface area is 138 Å². The summed E-state index contributed by atoms with van der Waals surface area (Å²) in [5, 5.41) is 11.3. The maximum atomic E-state index is 11.3. The Bertz CT molecular complexity index is 262. The molecule has 0 bridgehead atoms. The van der Waals surface area contributed by atoms with Gasteiger partial charge in [0, 0.05) is 6.54 Å². The van der Waals surface area contributed by atoms with E-state index < -0.39 is 18.2 Å². The standard InChI is InChI=1S/C14H27NO4.HI/c1-3-5-6-7-8-9-10-11-15-14(18)19-12(4-2)13(16)17;/h12H,3-11H2,1-2H3,(H,15,18)(H,16,17);1H. The molecule has 2 N–H and O–H groups in total. The number of hydrogen-bond acceptors (Lipinski definition) is 3. The molecule has 0 saturated heterocycles. The van der Waals surface area contributed by atoms with Gasteiger partial charge in [0.1, 0.15) is 0 Å². The maximum absolute atomic E-state index is 11.3. The number of alkyl carbamates (subject to hydrolysis) is 1. The third-order valence-electron chi connectivity index (χ3n) is 2.95. The molecule has 0 aliphatic heterocycles. The third-order valence-corrected chi connectivity index (χ3v) is 2.95. The van der Waals surface area contributed by atoms with Gasteiger partial charge in [0.2, 0.25) is 0 Å². The Morgan fingerprint density at radius 1 is 1.05 bits per heavy atom. The van der Waals surface area contributed by atoms with Crippen molar-refractivity contribution >= 4 is 36.0 Å². The van der Waals surface area contributed by atoms with Crippen molar-refractivity contribution in [1.82, 2.24) is 5.32 Å². The van der Waals surface area contributed by atoms with Crippen molar-refractivity contribution in [3.05, 3.63) is 0 Å². The maximum Gasteiger partial charge on any atom is 0.407 e. The van der Waals surface area contributed by atoms with Crippen LogP contribution >= 0.6 is 24.0 Å². The number of carboxylic acids is 1. The van der Waals surface area contributed by atoms with Crippen molar-refractivity contribution in [2.45, 2.75) is 71.3 Å². The number of ether oxygens (including phenoxy) is 1. The molecule has 0 spiro atoms. The number of aliphatic carboxylic acids is 1. The summed E-state index contributed by atoms with van der Waals surface area (Å²) >= 11 is 0. The lowest BCUT2D eigenvalue weighted by Gasteiger charge is -2.12. The molecule has 0 aromatic heterocycles. The van der Waals surface area contributed by atoms with E-state index in [2.05, 4.69) is 12.2 Å². The second-order valence-electron chi connectivity index (χ2n) is 4.69. The minimum absolute atomic E-state index is 0. The summed E-state index contributed by atoms with van der Waals surface area (Å²) in [5.41, 5.74) is 0. The molecule has 0 rings (SSSR count). The number of hydrogen-bond donors (Lipinski definition) is 2. The lowest BCUT2D eigenvalue weighted by molar-refractivity contribution is -0.146. The van der Waals surface area contributed by atoms with E-state index in [4.69, 9.17) is 9.84 Å². The van der Waals surface area contributed by atoms with E-state index in [0.29, 0.717) is 6.54 Å². The van der Waals surface area contributed by atoms with Gasteiger partial charge in [-0.3, -0.25) is 0 Å². The number of halogens is 1. The molecule has 120 valence electrons. The molecule has 6 heteroatoms.